The Kier molecular flexibility index (Phi) is 9.72. The van der Waals surface area contributed by atoms with E-state index in [9.17, 15) is 5.11 Å². The number of halogens is 1. The fourth-order valence-electron chi connectivity index (χ4n) is 2.26. The summed E-state index contributed by atoms with van der Waals surface area (Å²) in [6.45, 7) is 5.99. The van der Waals surface area contributed by atoms with Gasteiger partial charge in [0, 0.05) is 19.7 Å². The van der Waals surface area contributed by atoms with E-state index >= 15 is 0 Å². The van der Waals surface area contributed by atoms with Crippen molar-refractivity contribution >= 4 is 29.9 Å². The van der Waals surface area contributed by atoms with Gasteiger partial charge >= 0.3 is 0 Å². The predicted molar refractivity (Wildman–Crippen MR) is 89.3 cm³/mol. The van der Waals surface area contributed by atoms with E-state index in [1.54, 1.807) is 7.11 Å². The van der Waals surface area contributed by atoms with Crippen LogP contribution in [0.15, 0.2) is 4.99 Å². The first kappa shape index (κ1) is 18.9. The van der Waals surface area contributed by atoms with E-state index < -0.39 is 5.60 Å². The Labute approximate surface area is 133 Å². The van der Waals surface area contributed by atoms with E-state index in [-0.39, 0.29) is 30.0 Å². The lowest BCUT2D eigenvalue weighted by Crippen LogP contribution is -2.45. The summed E-state index contributed by atoms with van der Waals surface area (Å²) in [6, 6.07) is 0.200. The molecule has 0 heterocycles. The monoisotopic (exact) mass is 385 g/mol. The zero-order valence-corrected chi connectivity index (χ0v) is 14.6. The van der Waals surface area contributed by atoms with Gasteiger partial charge in [0.1, 0.15) is 0 Å². The molecule has 1 aliphatic rings. The third-order valence-corrected chi connectivity index (χ3v) is 3.21. The van der Waals surface area contributed by atoms with E-state index in [4.69, 9.17) is 4.74 Å². The highest BCUT2D eigenvalue weighted by Gasteiger charge is 2.30. The van der Waals surface area contributed by atoms with Crippen LogP contribution in [0, 0.1) is 0 Å². The Morgan fingerprint density at radius 1 is 1.42 bits per heavy atom. The number of aliphatic imine (C=N–C) groups is 1. The Morgan fingerprint density at radius 3 is 2.58 bits per heavy atom. The minimum Gasteiger partial charge on any atom is -0.388 e. The second kappa shape index (κ2) is 9.77. The van der Waals surface area contributed by atoms with Crippen LogP contribution in [0.5, 0.6) is 0 Å². The van der Waals surface area contributed by atoms with Gasteiger partial charge in [0.2, 0.25) is 0 Å². The van der Waals surface area contributed by atoms with Crippen LogP contribution in [0.25, 0.3) is 0 Å². The third kappa shape index (κ3) is 7.31. The van der Waals surface area contributed by atoms with Crippen LogP contribution >= 0.6 is 24.0 Å². The van der Waals surface area contributed by atoms with Crippen molar-refractivity contribution in [3.63, 3.8) is 0 Å². The van der Waals surface area contributed by atoms with Crippen LogP contribution < -0.4 is 10.6 Å². The van der Waals surface area contributed by atoms with Crippen molar-refractivity contribution in [1.29, 1.82) is 0 Å². The molecule has 0 aliphatic heterocycles. The van der Waals surface area contributed by atoms with E-state index in [0.29, 0.717) is 13.2 Å². The summed E-state index contributed by atoms with van der Waals surface area (Å²) in [4.78, 5) is 4.48. The summed E-state index contributed by atoms with van der Waals surface area (Å²) < 4.78 is 5.09. The van der Waals surface area contributed by atoms with E-state index in [0.717, 1.165) is 38.2 Å². The smallest absolute Gasteiger partial charge is 0.191 e. The molecule has 1 unspecified atom stereocenters. The summed E-state index contributed by atoms with van der Waals surface area (Å²) in [5.74, 6) is 0.752. The van der Waals surface area contributed by atoms with Crippen LogP contribution in [0.4, 0.5) is 0 Å². The zero-order valence-electron chi connectivity index (χ0n) is 12.2. The second-order valence-electron chi connectivity index (χ2n) is 5.13. The minimum absolute atomic E-state index is 0. The highest BCUT2D eigenvalue weighted by atomic mass is 127. The molecule has 6 heteroatoms. The average Bonchev–Trinajstić information content (AvgIpc) is 2.74. The van der Waals surface area contributed by atoms with Crippen molar-refractivity contribution in [2.45, 2.75) is 51.2 Å². The molecule has 0 aromatic rings. The standard InChI is InChI=1S/C13H27N3O2.HI/c1-4-14-12(16-11(2)9-18-3)15-10-13(17)7-5-6-8-13;/h11,17H,4-10H2,1-3H3,(H2,14,15,16);1H. The van der Waals surface area contributed by atoms with Gasteiger partial charge in [-0.1, -0.05) is 12.8 Å². The first-order chi connectivity index (χ1) is 8.59. The summed E-state index contributed by atoms with van der Waals surface area (Å²) in [5.41, 5.74) is -0.590. The first-order valence-electron chi connectivity index (χ1n) is 6.86. The predicted octanol–water partition coefficient (Wildman–Crippen LogP) is 1.50. The fourth-order valence-corrected chi connectivity index (χ4v) is 2.26. The Bertz CT molecular complexity index is 269. The van der Waals surface area contributed by atoms with Crippen molar-refractivity contribution in [2.24, 2.45) is 4.99 Å². The van der Waals surface area contributed by atoms with Crippen LogP contribution in [0.2, 0.25) is 0 Å². The fraction of sp³-hybridized carbons (Fsp3) is 0.923. The maximum Gasteiger partial charge on any atom is 0.191 e. The van der Waals surface area contributed by atoms with Gasteiger partial charge < -0.3 is 20.5 Å². The number of methoxy groups -OCH3 is 1. The Morgan fingerprint density at radius 2 is 2.05 bits per heavy atom. The molecule has 114 valence electrons. The van der Waals surface area contributed by atoms with Crippen molar-refractivity contribution in [2.75, 3.05) is 26.8 Å². The van der Waals surface area contributed by atoms with E-state index in [1.807, 2.05) is 13.8 Å². The van der Waals surface area contributed by atoms with Gasteiger partial charge in [-0.25, -0.2) is 0 Å². The van der Waals surface area contributed by atoms with Crippen LogP contribution in [0.3, 0.4) is 0 Å². The molecule has 1 atom stereocenters. The van der Waals surface area contributed by atoms with Gasteiger partial charge in [-0.2, -0.15) is 0 Å². The Hall–Kier alpha value is -0.0800. The molecule has 1 fully saturated rings. The van der Waals surface area contributed by atoms with Gasteiger partial charge in [0.15, 0.2) is 5.96 Å². The van der Waals surface area contributed by atoms with E-state index in [1.165, 1.54) is 0 Å². The zero-order chi connectivity index (χ0) is 13.4. The first-order valence-corrected chi connectivity index (χ1v) is 6.86. The van der Waals surface area contributed by atoms with Gasteiger partial charge in [-0.3, -0.25) is 4.99 Å². The lowest BCUT2D eigenvalue weighted by atomic mass is 10.0. The molecular weight excluding hydrogens is 357 g/mol. The summed E-state index contributed by atoms with van der Waals surface area (Å²) in [7, 11) is 1.68. The summed E-state index contributed by atoms with van der Waals surface area (Å²) in [5, 5.41) is 16.7. The van der Waals surface area contributed by atoms with E-state index in [2.05, 4.69) is 15.6 Å². The molecule has 1 aliphatic carbocycles. The third-order valence-electron chi connectivity index (χ3n) is 3.21. The van der Waals surface area contributed by atoms with Crippen molar-refractivity contribution in [3.8, 4) is 0 Å². The molecule has 0 aromatic carbocycles. The Balaban J connectivity index is 0.00000324. The molecule has 5 nitrogen and oxygen atoms in total. The molecule has 0 aromatic heterocycles. The molecule has 1 rings (SSSR count). The molecule has 0 amide bonds. The summed E-state index contributed by atoms with van der Waals surface area (Å²) in [6.07, 6.45) is 3.94. The summed E-state index contributed by atoms with van der Waals surface area (Å²) >= 11 is 0. The topological polar surface area (TPSA) is 65.9 Å². The minimum atomic E-state index is -0.590. The number of guanidine groups is 1. The quantitative estimate of drug-likeness (QED) is 0.368. The number of rotatable bonds is 6. The van der Waals surface area contributed by atoms with Crippen molar-refractivity contribution < 1.29 is 9.84 Å². The molecule has 0 spiro atoms. The number of hydrogen-bond donors (Lipinski definition) is 3. The lowest BCUT2D eigenvalue weighted by Gasteiger charge is -2.22. The number of ether oxygens (including phenoxy) is 1. The number of nitrogens with one attached hydrogen (secondary N) is 2. The maximum absolute atomic E-state index is 10.3. The van der Waals surface area contributed by atoms with Gasteiger partial charge in [-0.05, 0) is 26.7 Å². The van der Waals surface area contributed by atoms with Crippen LogP contribution in [0.1, 0.15) is 39.5 Å². The molecule has 19 heavy (non-hydrogen) atoms. The number of nitrogens with zero attached hydrogens (tertiary/aromatic N) is 1. The maximum atomic E-state index is 10.3. The molecule has 0 bridgehead atoms. The highest BCUT2D eigenvalue weighted by Crippen LogP contribution is 2.29. The average molecular weight is 385 g/mol. The number of aliphatic hydroxyl groups is 1. The highest BCUT2D eigenvalue weighted by molar-refractivity contribution is 14.0. The van der Waals surface area contributed by atoms with Crippen molar-refractivity contribution in [1.82, 2.24) is 10.6 Å². The van der Waals surface area contributed by atoms with Gasteiger partial charge in [0.05, 0.1) is 18.8 Å². The van der Waals surface area contributed by atoms with Crippen molar-refractivity contribution in [3.05, 3.63) is 0 Å². The second-order valence-corrected chi connectivity index (χ2v) is 5.13. The number of hydrogen-bond acceptors (Lipinski definition) is 3. The molecule has 0 saturated heterocycles. The molecular formula is C13H28IN3O2. The van der Waals surface area contributed by atoms with Crippen LogP contribution in [-0.4, -0.2) is 49.5 Å². The van der Waals surface area contributed by atoms with Gasteiger partial charge in [0.25, 0.3) is 0 Å². The van der Waals surface area contributed by atoms with Crippen LogP contribution in [-0.2, 0) is 4.74 Å². The lowest BCUT2D eigenvalue weighted by molar-refractivity contribution is 0.0574. The SMILES string of the molecule is CCNC(=NCC1(O)CCCC1)NC(C)COC.I. The molecule has 1 saturated carbocycles. The molecule has 3 N–H and O–H groups in total. The normalized spacial score (nSPS) is 19.7. The largest absolute Gasteiger partial charge is 0.388 e. The molecule has 0 radical (unpaired) electrons. The van der Waals surface area contributed by atoms with Gasteiger partial charge in [-0.15, -0.1) is 24.0 Å².